The van der Waals surface area contributed by atoms with Gasteiger partial charge in [-0.3, -0.25) is 0 Å². The van der Waals surface area contributed by atoms with Crippen LogP contribution in [0.5, 0.6) is 0 Å². The van der Waals surface area contributed by atoms with Crippen molar-refractivity contribution in [1.29, 1.82) is 0 Å². The predicted molar refractivity (Wildman–Crippen MR) is 41.4 cm³/mol. The van der Waals surface area contributed by atoms with Crippen molar-refractivity contribution in [2.24, 2.45) is 0 Å². The molecule has 0 radical (unpaired) electrons. The molecule has 1 aliphatic carbocycles. The Morgan fingerprint density at radius 3 is 2.55 bits per heavy atom. The van der Waals surface area contributed by atoms with Gasteiger partial charge in [-0.2, -0.15) is 5.06 Å². The van der Waals surface area contributed by atoms with Gasteiger partial charge in [0.15, 0.2) is 0 Å². The van der Waals surface area contributed by atoms with E-state index in [1.54, 1.807) is 0 Å². The summed E-state index contributed by atoms with van der Waals surface area (Å²) in [5.74, 6) is 0. The summed E-state index contributed by atoms with van der Waals surface area (Å²) in [6.07, 6.45) is 6.44. The Balaban J connectivity index is 2.26. The van der Waals surface area contributed by atoms with Gasteiger partial charge in [0.1, 0.15) is 6.29 Å². The molecule has 0 saturated heterocycles. The summed E-state index contributed by atoms with van der Waals surface area (Å²) in [7, 11) is 0. The molecule has 3 heteroatoms. The molecule has 0 spiro atoms. The van der Waals surface area contributed by atoms with E-state index in [1.807, 2.05) is 0 Å². The number of rotatable bonds is 3. The van der Waals surface area contributed by atoms with Crippen molar-refractivity contribution in [3.8, 4) is 0 Å². The number of aldehydes is 1. The maximum Gasteiger partial charge on any atom is 0.136 e. The Morgan fingerprint density at radius 2 is 2.00 bits per heavy atom. The summed E-state index contributed by atoms with van der Waals surface area (Å²) in [5, 5.41) is 10.4. The first-order valence-electron chi connectivity index (χ1n) is 4.23. The van der Waals surface area contributed by atoms with E-state index in [1.165, 1.54) is 24.3 Å². The second kappa shape index (κ2) is 4.46. The summed E-state index contributed by atoms with van der Waals surface area (Å²) < 4.78 is 0. The minimum Gasteiger partial charge on any atom is -0.313 e. The van der Waals surface area contributed by atoms with Crippen molar-refractivity contribution in [1.82, 2.24) is 5.06 Å². The fourth-order valence-electron chi connectivity index (χ4n) is 1.60. The fraction of sp³-hybridized carbons (Fsp3) is 0.875. The zero-order valence-corrected chi connectivity index (χ0v) is 6.70. The van der Waals surface area contributed by atoms with Crippen molar-refractivity contribution in [2.75, 3.05) is 6.54 Å². The van der Waals surface area contributed by atoms with Crippen molar-refractivity contribution in [3.05, 3.63) is 0 Å². The highest BCUT2D eigenvalue weighted by Gasteiger charge is 2.18. The second-order valence-corrected chi connectivity index (χ2v) is 3.08. The molecule has 1 N–H and O–H groups in total. The van der Waals surface area contributed by atoms with Gasteiger partial charge in [-0.25, -0.2) is 0 Å². The molecule has 0 heterocycles. The zero-order chi connectivity index (χ0) is 8.10. The molecule has 1 saturated carbocycles. The van der Waals surface area contributed by atoms with E-state index in [0.717, 1.165) is 19.1 Å². The van der Waals surface area contributed by atoms with Gasteiger partial charge in [-0.15, -0.1) is 0 Å². The molecule has 1 rings (SSSR count). The molecular formula is C8H15NO2. The Kier molecular flexibility index (Phi) is 3.52. The van der Waals surface area contributed by atoms with Gasteiger partial charge in [-0.1, -0.05) is 19.3 Å². The van der Waals surface area contributed by atoms with E-state index < -0.39 is 0 Å². The molecule has 0 atom stereocenters. The Morgan fingerprint density at radius 1 is 1.36 bits per heavy atom. The van der Waals surface area contributed by atoms with Crippen molar-refractivity contribution >= 4 is 6.29 Å². The monoisotopic (exact) mass is 157 g/mol. The third kappa shape index (κ3) is 2.60. The minimum absolute atomic E-state index is 0.157. The molecule has 0 amide bonds. The van der Waals surface area contributed by atoms with Crippen LogP contribution in [0.4, 0.5) is 0 Å². The van der Waals surface area contributed by atoms with Crippen molar-refractivity contribution < 1.29 is 10.0 Å². The highest BCUT2D eigenvalue weighted by atomic mass is 16.5. The van der Waals surface area contributed by atoms with Crippen LogP contribution < -0.4 is 0 Å². The van der Waals surface area contributed by atoms with Gasteiger partial charge in [0.25, 0.3) is 0 Å². The molecule has 1 fully saturated rings. The quantitative estimate of drug-likeness (QED) is 0.494. The average Bonchev–Trinajstić information content (AvgIpc) is 2.07. The van der Waals surface area contributed by atoms with Gasteiger partial charge in [0, 0.05) is 6.04 Å². The topological polar surface area (TPSA) is 40.5 Å². The predicted octanol–water partition coefficient (Wildman–Crippen LogP) is 1.21. The van der Waals surface area contributed by atoms with Crippen LogP contribution in [0.1, 0.15) is 32.1 Å². The fourth-order valence-corrected chi connectivity index (χ4v) is 1.60. The lowest BCUT2D eigenvalue weighted by Crippen LogP contribution is -2.35. The van der Waals surface area contributed by atoms with Crippen molar-refractivity contribution in [2.45, 2.75) is 38.1 Å². The molecular weight excluding hydrogens is 142 g/mol. The molecule has 1 aliphatic rings. The number of carbonyl (C=O) groups is 1. The van der Waals surface area contributed by atoms with Gasteiger partial charge in [-0.05, 0) is 12.8 Å². The first-order chi connectivity index (χ1) is 5.34. The van der Waals surface area contributed by atoms with Gasteiger partial charge in [0.2, 0.25) is 0 Å². The standard InChI is InChI=1S/C8H15NO2/c10-7-6-9(11)8-4-2-1-3-5-8/h7-8,11H,1-6H2. The van der Waals surface area contributed by atoms with Crippen LogP contribution in [0, 0.1) is 0 Å². The van der Waals surface area contributed by atoms with Crippen LogP contribution in [0.3, 0.4) is 0 Å². The zero-order valence-electron chi connectivity index (χ0n) is 6.70. The number of nitrogens with zero attached hydrogens (tertiary/aromatic N) is 1. The SMILES string of the molecule is O=CCN(O)C1CCCCC1. The highest BCUT2D eigenvalue weighted by molar-refractivity contribution is 5.51. The normalized spacial score (nSPS) is 20.5. The van der Waals surface area contributed by atoms with Crippen LogP contribution >= 0.6 is 0 Å². The number of hydroxylamine groups is 2. The van der Waals surface area contributed by atoms with Gasteiger partial charge in [0.05, 0.1) is 6.54 Å². The second-order valence-electron chi connectivity index (χ2n) is 3.08. The minimum atomic E-state index is 0.157. The highest BCUT2D eigenvalue weighted by Crippen LogP contribution is 2.20. The smallest absolute Gasteiger partial charge is 0.136 e. The number of hydrogen-bond acceptors (Lipinski definition) is 3. The molecule has 0 unspecified atom stereocenters. The van der Waals surface area contributed by atoms with E-state index in [9.17, 15) is 10.0 Å². The Labute approximate surface area is 67.0 Å². The third-order valence-corrected chi connectivity index (χ3v) is 2.26. The van der Waals surface area contributed by atoms with E-state index >= 15 is 0 Å². The third-order valence-electron chi connectivity index (χ3n) is 2.26. The molecule has 0 aliphatic heterocycles. The lowest BCUT2D eigenvalue weighted by atomic mass is 9.95. The van der Waals surface area contributed by atoms with E-state index in [0.29, 0.717) is 0 Å². The Hall–Kier alpha value is -0.410. The molecule has 11 heavy (non-hydrogen) atoms. The summed E-state index contributed by atoms with van der Waals surface area (Å²) in [6, 6.07) is 0.231. The van der Waals surface area contributed by atoms with E-state index in [-0.39, 0.29) is 12.6 Å². The molecule has 3 nitrogen and oxygen atoms in total. The maximum absolute atomic E-state index is 10.1. The summed E-state index contributed by atoms with van der Waals surface area (Å²) >= 11 is 0. The lowest BCUT2D eigenvalue weighted by molar-refractivity contribution is -0.144. The van der Waals surface area contributed by atoms with Crippen LogP contribution in [0.2, 0.25) is 0 Å². The summed E-state index contributed by atoms with van der Waals surface area (Å²) in [4.78, 5) is 10.1. The van der Waals surface area contributed by atoms with Gasteiger partial charge < -0.3 is 10.0 Å². The largest absolute Gasteiger partial charge is 0.313 e. The van der Waals surface area contributed by atoms with E-state index in [4.69, 9.17) is 0 Å². The lowest BCUT2D eigenvalue weighted by Gasteiger charge is -2.27. The summed E-state index contributed by atoms with van der Waals surface area (Å²) in [5.41, 5.74) is 0. The molecule has 0 aromatic heterocycles. The molecule has 0 aromatic rings. The maximum atomic E-state index is 10.1. The molecule has 0 aromatic carbocycles. The Bertz CT molecular complexity index is 121. The van der Waals surface area contributed by atoms with Crippen LogP contribution in [0.25, 0.3) is 0 Å². The number of carbonyl (C=O) groups excluding carboxylic acids is 1. The first-order valence-corrected chi connectivity index (χ1v) is 4.23. The van der Waals surface area contributed by atoms with Crippen LogP contribution in [0.15, 0.2) is 0 Å². The summed E-state index contributed by atoms with van der Waals surface area (Å²) in [6.45, 7) is 0.157. The van der Waals surface area contributed by atoms with Gasteiger partial charge >= 0.3 is 0 Å². The molecule has 0 bridgehead atoms. The van der Waals surface area contributed by atoms with Crippen LogP contribution in [-0.2, 0) is 4.79 Å². The van der Waals surface area contributed by atoms with Crippen molar-refractivity contribution in [3.63, 3.8) is 0 Å². The van der Waals surface area contributed by atoms with E-state index in [2.05, 4.69) is 0 Å². The average molecular weight is 157 g/mol. The molecule has 64 valence electrons. The van der Waals surface area contributed by atoms with Crippen LogP contribution in [-0.4, -0.2) is 29.1 Å². The first kappa shape index (κ1) is 8.68. The number of hydrogen-bond donors (Lipinski definition) is 1.